The molecule has 0 spiro atoms. The Kier molecular flexibility index (Phi) is 4.78. The monoisotopic (exact) mass is 463 g/mol. The van der Waals surface area contributed by atoms with E-state index < -0.39 is 64.3 Å². The van der Waals surface area contributed by atoms with Gasteiger partial charge in [0.25, 0.3) is 11.8 Å². The molecule has 8 nitrogen and oxygen atoms in total. The molecule has 0 radical (unpaired) electrons. The zero-order valence-corrected chi connectivity index (χ0v) is 17.5. The molecule has 2 bridgehead atoms. The fourth-order valence-corrected chi connectivity index (χ4v) is 5.04. The van der Waals surface area contributed by atoms with Crippen molar-refractivity contribution >= 4 is 11.8 Å². The molecule has 174 valence electrons. The van der Waals surface area contributed by atoms with Crippen LogP contribution in [0, 0.1) is 17.5 Å². The average Bonchev–Trinajstić information content (AvgIpc) is 3.04. The molecule has 3 heterocycles. The molecule has 33 heavy (non-hydrogen) atoms. The molecular weight excluding hydrogens is 443 g/mol. The van der Waals surface area contributed by atoms with Crippen LogP contribution in [0.4, 0.5) is 13.2 Å². The smallest absolute Gasteiger partial charge is 0.276 e. The second-order valence-electron chi connectivity index (χ2n) is 8.88. The summed E-state index contributed by atoms with van der Waals surface area (Å²) >= 11 is 0. The molecule has 3 aliphatic rings. The summed E-state index contributed by atoms with van der Waals surface area (Å²) in [6.07, 6.45) is 2.71. The van der Waals surface area contributed by atoms with Gasteiger partial charge in [0.2, 0.25) is 5.43 Å². The molecule has 2 fully saturated rings. The third kappa shape index (κ3) is 3.38. The van der Waals surface area contributed by atoms with E-state index in [0.717, 1.165) is 19.0 Å². The minimum atomic E-state index is -1.19. The van der Waals surface area contributed by atoms with E-state index in [2.05, 4.69) is 5.32 Å². The first kappa shape index (κ1) is 21.5. The van der Waals surface area contributed by atoms with E-state index in [1.165, 1.54) is 4.57 Å². The van der Waals surface area contributed by atoms with Gasteiger partial charge in [0.1, 0.15) is 23.0 Å². The zero-order chi connectivity index (χ0) is 23.7. The number of amides is 2. The Hall–Kier alpha value is -3.34. The van der Waals surface area contributed by atoms with E-state index in [1.807, 2.05) is 6.92 Å². The summed E-state index contributed by atoms with van der Waals surface area (Å²) in [5.74, 6) is -5.94. The van der Waals surface area contributed by atoms with Gasteiger partial charge in [-0.25, -0.2) is 13.2 Å². The summed E-state index contributed by atoms with van der Waals surface area (Å²) in [6, 6.07) is 0.881. The topological polar surface area (TPSA) is 101 Å². The van der Waals surface area contributed by atoms with Gasteiger partial charge < -0.3 is 24.6 Å². The van der Waals surface area contributed by atoms with Crippen LogP contribution < -0.4 is 10.7 Å². The number of aromatic nitrogens is 1. The second-order valence-corrected chi connectivity index (χ2v) is 8.88. The van der Waals surface area contributed by atoms with E-state index in [9.17, 15) is 32.7 Å². The first-order valence-corrected chi connectivity index (χ1v) is 10.5. The highest BCUT2D eigenvalue weighted by Gasteiger charge is 2.52. The van der Waals surface area contributed by atoms with Gasteiger partial charge in [-0.2, -0.15) is 0 Å². The summed E-state index contributed by atoms with van der Waals surface area (Å²) in [5, 5.41) is 12.7. The first-order chi connectivity index (χ1) is 15.6. The van der Waals surface area contributed by atoms with Crippen LogP contribution >= 0.6 is 0 Å². The van der Waals surface area contributed by atoms with Crippen molar-refractivity contribution in [2.75, 3.05) is 0 Å². The van der Waals surface area contributed by atoms with Crippen LogP contribution in [0.2, 0.25) is 0 Å². The van der Waals surface area contributed by atoms with Gasteiger partial charge in [-0.15, -0.1) is 0 Å². The number of rotatable bonds is 3. The number of fused-ring (bicyclic) bond motifs is 5. The number of benzene rings is 1. The van der Waals surface area contributed by atoms with Gasteiger partial charge in [-0.05, 0) is 26.2 Å². The number of carbonyl (C=O) groups excluding carboxylic acids is 2. The van der Waals surface area contributed by atoms with Crippen molar-refractivity contribution in [2.45, 2.75) is 57.1 Å². The number of hydrogen-bond donors (Lipinski definition) is 2. The maximum Gasteiger partial charge on any atom is 0.276 e. The van der Waals surface area contributed by atoms with Crippen LogP contribution in [0.5, 0.6) is 5.75 Å². The number of carbonyl (C=O) groups is 2. The van der Waals surface area contributed by atoms with Crippen LogP contribution in [0.1, 0.15) is 52.6 Å². The van der Waals surface area contributed by atoms with Crippen LogP contribution in [-0.4, -0.2) is 44.3 Å². The number of nitrogens with zero attached hydrogens (tertiary/aromatic N) is 2. The fourth-order valence-electron chi connectivity index (χ4n) is 5.04. The summed E-state index contributed by atoms with van der Waals surface area (Å²) in [7, 11) is 0. The van der Waals surface area contributed by atoms with Crippen LogP contribution in [0.25, 0.3) is 0 Å². The van der Waals surface area contributed by atoms with E-state index in [1.54, 1.807) is 4.90 Å². The average molecular weight is 463 g/mol. The van der Waals surface area contributed by atoms with Crippen molar-refractivity contribution < 1.29 is 32.6 Å². The molecule has 3 atom stereocenters. The Balaban J connectivity index is 1.45. The molecule has 1 saturated heterocycles. The molecular formula is C22H20F3N3O5. The lowest BCUT2D eigenvalue weighted by molar-refractivity contribution is -0.176. The first-order valence-electron chi connectivity index (χ1n) is 10.5. The molecule has 2 N–H and O–H groups in total. The number of pyridine rings is 1. The fraction of sp³-hybridized carbons (Fsp3) is 0.409. The maximum absolute atomic E-state index is 13.8. The maximum atomic E-state index is 13.8. The van der Waals surface area contributed by atoms with Crippen molar-refractivity contribution in [1.29, 1.82) is 0 Å². The number of halogens is 3. The Morgan fingerprint density at radius 2 is 1.97 bits per heavy atom. The lowest BCUT2D eigenvalue weighted by Gasteiger charge is -2.47. The number of ether oxygens (including phenoxy) is 1. The van der Waals surface area contributed by atoms with E-state index in [4.69, 9.17) is 4.74 Å². The molecule has 1 unspecified atom stereocenters. The lowest BCUT2D eigenvalue weighted by atomic mass is 10.0. The van der Waals surface area contributed by atoms with Crippen molar-refractivity contribution in [3.63, 3.8) is 0 Å². The van der Waals surface area contributed by atoms with Crippen molar-refractivity contribution in [2.24, 2.45) is 0 Å². The Morgan fingerprint density at radius 1 is 1.27 bits per heavy atom. The summed E-state index contributed by atoms with van der Waals surface area (Å²) in [5.41, 5.74) is -2.78. The second kappa shape index (κ2) is 7.34. The molecule has 1 saturated carbocycles. The number of aromatic hydroxyl groups is 1. The van der Waals surface area contributed by atoms with Gasteiger partial charge in [-0.1, -0.05) is 0 Å². The predicted octanol–water partition coefficient (Wildman–Crippen LogP) is 2.02. The number of hydrogen-bond acceptors (Lipinski definition) is 5. The third-order valence-electron chi connectivity index (χ3n) is 6.62. The van der Waals surface area contributed by atoms with Gasteiger partial charge in [-0.3, -0.25) is 14.4 Å². The Bertz CT molecular complexity index is 1240. The van der Waals surface area contributed by atoms with Crippen LogP contribution in [0.3, 0.4) is 0 Å². The predicted molar refractivity (Wildman–Crippen MR) is 107 cm³/mol. The minimum absolute atomic E-state index is 0.0621. The highest BCUT2D eigenvalue weighted by molar-refractivity contribution is 5.99. The Morgan fingerprint density at radius 3 is 2.67 bits per heavy atom. The summed E-state index contributed by atoms with van der Waals surface area (Å²) < 4.78 is 48.2. The van der Waals surface area contributed by atoms with Crippen molar-refractivity contribution in [1.82, 2.24) is 14.8 Å². The van der Waals surface area contributed by atoms with E-state index >= 15 is 0 Å². The van der Waals surface area contributed by atoms with Crippen LogP contribution in [-0.2, 0) is 17.8 Å². The molecule has 2 aliphatic heterocycles. The lowest BCUT2D eigenvalue weighted by Crippen LogP contribution is -2.59. The zero-order valence-electron chi connectivity index (χ0n) is 17.5. The van der Waals surface area contributed by atoms with E-state index in [-0.39, 0.29) is 23.9 Å². The van der Waals surface area contributed by atoms with E-state index in [0.29, 0.717) is 18.6 Å². The standard InChI is InChI=1S/C22H20F3N3O5/c1-22-3-2-11(6-22)28-16(33-22)9-27-8-13(18(29)19(30)17(27)21(28)32)20(31)26-7-12-14(24)4-10(23)5-15(12)25/h4-5,8,11,16,30H,2-3,6-7,9H2,1H3,(H,26,31)/t11-,16-,22?/m1/s1. The highest BCUT2D eigenvalue weighted by atomic mass is 19.1. The summed E-state index contributed by atoms with van der Waals surface area (Å²) in [6.45, 7) is 1.42. The quantitative estimate of drug-likeness (QED) is 0.726. The molecule has 5 rings (SSSR count). The van der Waals surface area contributed by atoms with Crippen LogP contribution in [0.15, 0.2) is 23.1 Å². The molecule has 1 aliphatic carbocycles. The Labute approximate surface area is 185 Å². The third-order valence-corrected chi connectivity index (χ3v) is 6.62. The highest BCUT2D eigenvalue weighted by Crippen LogP contribution is 2.44. The molecule has 1 aromatic heterocycles. The number of nitrogens with one attached hydrogen (secondary N) is 1. The minimum Gasteiger partial charge on any atom is -0.503 e. The van der Waals surface area contributed by atoms with Gasteiger partial charge in [0.05, 0.1) is 12.1 Å². The molecule has 2 amide bonds. The van der Waals surface area contributed by atoms with Gasteiger partial charge in [0.15, 0.2) is 17.7 Å². The van der Waals surface area contributed by atoms with Crippen molar-refractivity contribution in [3.05, 3.63) is 62.8 Å². The summed E-state index contributed by atoms with van der Waals surface area (Å²) in [4.78, 5) is 39.9. The SMILES string of the molecule is CC12CC[C@H](C1)N1C(=O)c3c(O)c(=O)c(C(=O)NCc4c(F)cc(F)cc4F)cn3C[C@H]1O2. The van der Waals surface area contributed by atoms with Crippen molar-refractivity contribution in [3.8, 4) is 5.75 Å². The largest absolute Gasteiger partial charge is 0.503 e. The molecule has 11 heteroatoms. The normalized spacial score (nSPS) is 25.6. The van der Waals surface area contributed by atoms with Gasteiger partial charge >= 0.3 is 0 Å². The van der Waals surface area contributed by atoms with Gasteiger partial charge in [0, 0.05) is 36.5 Å². The molecule has 1 aromatic carbocycles. The molecule has 2 aromatic rings.